The number of hydrogen-bond donors (Lipinski definition) is 1. The summed E-state index contributed by atoms with van der Waals surface area (Å²) in [7, 11) is 1.50. The van der Waals surface area contributed by atoms with E-state index in [1.807, 2.05) is 11.4 Å². The predicted octanol–water partition coefficient (Wildman–Crippen LogP) is 5.20. The number of amides is 1. The molecule has 1 amide bonds. The molecule has 4 rings (SSSR count). The number of nitrogens with one attached hydrogen (secondary N) is 1. The Morgan fingerprint density at radius 3 is 2.42 bits per heavy atom. The van der Waals surface area contributed by atoms with E-state index in [0.717, 1.165) is 5.69 Å². The highest BCUT2D eigenvalue weighted by molar-refractivity contribution is 7.07. The molecule has 0 aliphatic rings. The number of benzene rings is 3. The number of carbonyl (C=O) groups excluding carboxylic acids is 2. The highest BCUT2D eigenvalue weighted by Crippen LogP contribution is 2.29. The highest BCUT2D eigenvalue weighted by atomic mass is 32.1. The van der Waals surface area contributed by atoms with E-state index in [2.05, 4.69) is 10.3 Å². The van der Waals surface area contributed by atoms with Gasteiger partial charge in [0.25, 0.3) is 5.91 Å². The van der Waals surface area contributed by atoms with E-state index in [4.69, 9.17) is 14.2 Å². The van der Waals surface area contributed by atoms with Crippen molar-refractivity contribution in [2.24, 2.45) is 0 Å². The predicted molar refractivity (Wildman–Crippen MR) is 125 cm³/mol. The quantitative estimate of drug-likeness (QED) is 0.287. The van der Waals surface area contributed by atoms with Crippen LogP contribution in [0.2, 0.25) is 0 Å². The van der Waals surface area contributed by atoms with Crippen LogP contribution < -0.4 is 19.5 Å². The maximum atomic E-state index is 12.6. The molecule has 0 fully saturated rings. The van der Waals surface area contributed by atoms with Crippen molar-refractivity contribution in [3.8, 4) is 17.2 Å². The zero-order chi connectivity index (χ0) is 23.0. The van der Waals surface area contributed by atoms with E-state index in [1.54, 1.807) is 72.2 Å². The molecule has 0 saturated heterocycles. The first kappa shape index (κ1) is 22.0. The van der Waals surface area contributed by atoms with Gasteiger partial charge in [-0.1, -0.05) is 18.2 Å². The van der Waals surface area contributed by atoms with Gasteiger partial charge in [0.15, 0.2) is 11.5 Å². The molecule has 3 aromatic carbocycles. The SMILES string of the molecule is COc1cc(C(=O)Oc2ccc(NC(=O)c3ccccc3)cc2)ccc1OCc1cscn1. The van der Waals surface area contributed by atoms with E-state index in [9.17, 15) is 9.59 Å². The fourth-order valence-electron chi connectivity index (χ4n) is 2.94. The Morgan fingerprint density at radius 1 is 0.939 bits per heavy atom. The number of ether oxygens (including phenoxy) is 3. The average Bonchev–Trinajstić information content (AvgIpc) is 3.38. The van der Waals surface area contributed by atoms with Crippen molar-refractivity contribution in [2.75, 3.05) is 12.4 Å². The number of aromatic nitrogens is 1. The van der Waals surface area contributed by atoms with Gasteiger partial charge in [0.05, 0.1) is 23.9 Å². The molecule has 4 aromatic rings. The third kappa shape index (κ3) is 5.75. The first-order chi connectivity index (χ1) is 16.1. The molecular weight excluding hydrogens is 440 g/mol. The number of esters is 1. The molecule has 1 N–H and O–H groups in total. The van der Waals surface area contributed by atoms with Crippen LogP contribution in [0, 0.1) is 0 Å². The van der Waals surface area contributed by atoms with Crippen LogP contribution in [0.4, 0.5) is 5.69 Å². The molecule has 0 aliphatic carbocycles. The Balaban J connectivity index is 1.37. The van der Waals surface area contributed by atoms with Crippen LogP contribution in [0.1, 0.15) is 26.4 Å². The topological polar surface area (TPSA) is 86.8 Å². The first-order valence-corrected chi connectivity index (χ1v) is 10.9. The van der Waals surface area contributed by atoms with E-state index in [0.29, 0.717) is 40.7 Å². The molecule has 0 aliphatic heterocycles. The standard InChI is InChI=1S/C25H20N2O5S/c1-30-23-13-18(7-12-22(23)31-14-20-15-33-16-26-20)25(29)32-21-10-8-19(9-11-21)27-24(28)17-5-3-2-4-6-17/h2-13,15-16H,14H2,1H3,(H,27,28). The Morgan fingerprint density at radius 2 is 1.73 bits per heavy atom. The lowest BCUT2D eigenvalue weighted by atomic mass is 10.2. The monoisotopic (exact) mass is 460 g/mol. The molecule has 33 heavy (non-hydrogen) atoms. The normalized spacial score (nSPS) is 10.3. The van der Waals surface area contributed by atoms with Crippen LogP contribution in [0.25, 0.3) is 0 Å². The van der Waals surface area contributed by atoms with Gasteiger partial charge in [-0.05, 0) is 54.6 Å². The lowest BCUT2D eigenvalue weighted by molar-refractivity contribution is 0.0734. The molecule has 0 saturated carbocycles. The maximum absolute atomic E-state index is 12.6. The van der Waals surface area contributed by atoms with E-state index in [-0.39, 0.29) is 5.91 Å². The molecule has 0 atom stereocenters. The summed E-state index contributed by atoms with van der Waals surface area (Å²) in [6.45, 7) is 0.302. The van der Waals surface area contributed by atoms with Gasteiger partial charge >= 0.3 is 5.97 Å². The van der Waals surface area contributed by atoms with Crippen molar-refractivity contribution in [3.05, 3.63) is 101 Å². The second kappa shape index (κ2) is 10.4. The van der Waals surface area contributed by atoms with E-state index in [1.165, 1.54) is 18.4 Å². The molecule has 7 nitrogen and oxygen atoms in total. The third-order valence-corrected chi connectivity index (χ3v) is 5.25. The van der Waals surface area contributed by atoms with E-state index < -0.39 is 5.97 Å². The Hall–Kier alpha value is -4.17. The molecule has 0 unspecified atom stereocenters. The lowest BCUT2D eigenvalue weighted by Gasteiger charge is -2.12. The van der Waals surface area contributed by atoms with Crippen molar-refractivity contribution in [1.29, 1.82) is 0 Å². The van der Waals surface area contributed by atoms with Gasteiger partial charge in [-0.2, -0.15) is 0 Å². The van der Waals surface area contributed by atoms with Crippen LogP contribution in [0.5, 0.6) is 17.2 Å². The molecule has 166 valence electrons. The third-order valence-electron chi connectivity index (χ3n) is 4.62. The van der Waals surface area contributed by atoms with Crippen LogP contribution in [0.3, 0.4) is 0 Å². The summed E-state index contributed by atoms with van der Waals surface area (Å²) in [6, 6.07) is 20.3. The summed E-state index contributed by atoms with van der Waals surface area (Å²) < 4.78 is 16.5. The molecular formula is C25H20N2O5S. The largest absolute Gasteiger partial charge is 0.493 e. The molecule has 0 bridgehead atoms. The van der Waals surface area contributed by atoms with Crippen LogP contribution in [-0.2, 0) is 6.61 Å². The van der Waals surface area contributed by atoms with Gasteiger partial charge in [-0.15, -0.1) is 11.3 Å². The molecule has 1 aromatic heterocycles. The summed E-state index contributed by atoms with van der Waals surface area (Å²) in [6.07, 6.45) is 0. The number of rotatable bonds is 8. The minimum atomic E-state index is -0.541. The van der Waals surface area contributed by atoms with Gasteiger partial charge in [0, 0.05) is 16.6 Å². The summed E-state index contributed by atoms with van der Waals surface area (Å²) in [4.78, 5) is 29.0. The van der Waals surface area contributed by atoms with Gasteiger partial charge in [-0.25, -0.2) is 9.78 Å². The summed E-state index contributed by atoms with van der Waals surface area (Å²) >= 11 is 1.49. The first-order valence-electron chi connectivity index (χ1n) is 9.99. The summed E-state index contributed by atoms with van der Waals surface area (Å²) in [5.41, 5.74) is 4.01. The zero-order valence-corrected chi connectivity index (χ0v) is 18.5. The Kier molecular flexibility index (Phi) is 6.96. The van der Waals surface area contributed by atoms with Gasteiger partial charge in [0.1, 0.15) is 12.4 Å². The lowest BCUT2D eigenvalue weighted by Crippen LogP contribution is -2.12. The van der Waals surface area contributed by atoms with Gasteiger partial charge in [0.2, 0.25) is 0 Å². The molecule has 1 heterocycles. The number of carbonyl (C=O) groups is 2. The van der Waals surface area contributed by atoms with Crippen LogP contribution in [-0.4, -0.2) is 24.0 Å². The number of anilines is 1. The van der Waals surface area contributed by atoms with E-state index >= 15 is 0 Å². The van der Waals surface area contributed by atoms with Gasteiger partial charge < -0.3 is 19.5 Å². The van der Waals surface area contributed by atoms with Crippen molar-refractivity contribution in [3.63, 3.8) is 0 Å². The number of methoxy groups -OCH3 is 1. The Bertz CT molecular complexity index is 1230. The van der Waals surface area contributed by atoms with Crippen molar-refractivity contribution >= 4 is 28.9 Å². The second-order valence-electron chi connectivity index (χ2n) is 6.87. The van der Waals surface area contributed by atoms with Crippen LogP contribution >= 0.6 is 11.3 Å². The average molecular weight is 461 g/mol. The van der Waals surface area contributed by atoms with Gasteiger partial charge in [-0.3, -0.25) is 4.79 Å². The highest BCUT2D eigenvalue weighted by Gasteiger charge is 2.14. The van der Waals surface area contributed by atoms with Crippen molar-refractivity contribution in [1.82, 2.24) is 4.98 Å². The number of nitrogens with zero attached hydrogens (tertiary/aromatic N) is 1. The Labute approximate surface area is 194 Å². The summed E-state index contributed by atoms with van der Waals surface area (Å²) in [5, 5.41) is 4.70. The van der Waals surface area contributed by atoms with Crippen molar-refractivity contribution in [2.45, 2.75) is 6.61 Å². The fourth-order valence-corrected chi connectivity index (χ4v) is 3.48. The fraction of sp³-hybridized carbons (Fsp3) is 0.0800. The zero-order valence-electron chi connectivity index (χ0n) is 17.7. The van der Waals surface area contributed by atoms with Crippen molar-refractivity contribution < 1.29 is 23.8 Å². The molecule has 0 spiro atoms. The second-order valence-corrected chi connectivity index (χ2v) is 7.59. The number of thiazole rings is 1. The number of hydrogen-bond acceptors (Lipinski definition) is 7. The minimum absolute atomic E-state index is 0.218. The molecule has 0 radical (unpaired) electrons. The smallest absolute Gasteiger partial charge is 0.343 e. The minimum Gasteiger partial charge on any atom is -0.493 e. The van der Waals surface area contributed by atoms with Crippen LogP contribution in [0.15, 0.2) is 83.7 Å². The summed E-state index contributed by atoms with van der Waals surface area (Å²) in [5.74, 6) is 0.504. The maximum Gasteiger partial charge on any atom is 0.343 e. The molecule has 8 heteroatoms.